The minimum absolute atomic E-state index is 0.0550. The number of hydrogen-bond acceptors (Lipinski definition) is 6. The summed E-state index contributed by atoms with van der Waals surface area (Å²) in [5.74, 6) is -1.77. The number of methoxy groups -OCH3 is 1. The molecule has 9 heteroatoms. The smallest absolute Gasteiger partial charge is 0.414 e. The van der Waals surface area contributed by atoms with Gasteiger partial charge < -0.3 is 30.0 Å². The van der Waals surface area contributed by atoms with Crippen LogP contribution < -0.4 is 15.4 Å². The quantitative estimate of drug-likeness (QED) is 0.489. The van der Waals surface area contributed by atoms with Gasteiger partial charge in [-0.25, -0.2) is 9.59 Å². The van der Waals surface area contributed by atoms with E-state index in [0.717, 1.165) is 17.1 Å². The highest BCUT2D eigenvalue weighted by Crippen LogP contribution is 2.23. The molecule has 0 saturated heterocycles. The molecule has 0 fully saturated rings. The van der Waals surface area contributed by atoms with Gasteiger partial charge in [0.2, 0.25) is 5.91 Å². The molecule has 4 N–H and O–H groups in total. The SMILES string of the molecule is COc1ccc(C(NCC(=O)NCc2ccco2)C(C)C)cc1.O=C(O)C(=O)O. The number of carboxylic acids is 2. The van der Waals surface area contributed by atoms with E-state index in [9.17, 15) is 4.79 Å². The number of ether oxygens (including phenoxy) is 1. The standard InChI is InChI=1S/C18H24N2O3.C2H2O4/c1-13(2)18(14-6-8-15(22-3)9-7-14)20-12-17(21)19-11-16-5-4-10-23-16;3-1(4)2(5)6/h4-10,13,18,20H,11-12H2,1-3H3,(H,19,21);(H,3,4)(H,5,6). The van der Waals surface area contributed by atoms with Gasteiger partial charge in [-0.15, -0.1) is 0 Å². The molecule has 1 atom stereocenters. The zero-order valence-electron chi connectivity index (χ0n) is 16.5. The summed E-state index contributed by atoms with van der Waals surface area (Å²) in [6, 6.07) is 11.7. The van der Waals surface area contributed by atoms with Crippen LogP contribution in [0.5, 0.6) is 5.75 Å². The van der Waals surface area contributed by atoms with E-state index >= 15 is 0 Å². The van der Waals surface area contributed by atoms with Gasteiger partial charge in [-0.3, -0.25) is 4.79 Å². The zero-order valence-corrected chi connectivity index (χ0v) is 16.5. The number of aliphatic carboxylic acids is 2. The second-order valence-electron chi connectivity index (χ2n) is 6.34. The predicted molar refractivity (Wildman–Crippen MR) is 104 cm³/mol. The Kier molecular flexibility index (Phi) is 9.97. The third kappa shape index (κ3) is 8.93. The number of hydrogen-bond donors (Lipinski definition) is 4. The van der Waals surface area contributed by atoms with E-state index in [2.05, 4.69) is 24.5 Å². The molecule has 2 rings (SSSR count). The van der Waals surface area contributed by atoms with E-state index in [1.54, 1.807) is 19.4 Å². The van der Waals surface area contributed by atoms with Crippen molar-refractivity contribution < 1.29 is 33.8 Å². The lowest BCUT2D eigenvalue weighted by Crippen LogP contribution is -2.37. The van der Waals surface area contributed by atoms with Gasteiger partial charge in [0.1, 0.15) is 11.5 Å². The molecule has 9 nitrogen and oxygen atoms in total. The van der Waals surface area contributed by atoms with Gasteiger partial charge in [-0.2, -0.15) is 0 Å². The molecule has 1 heterocycles. The Morgan fingerprint density at radius 1 is 1.07 bits per heavy atom. The van der Waals surface area contributed by atoms with Crippen LogP contribution in [-0.2, 0) is 20.9 Å². The maximum Gasteiger partial charge on any atom is 0.414 e. The number of carbonyl (C=O) groups excluding carboxylic acids is 1. The van der Waals surface area contributed by atoms with Crippen molar-refractivity contribution in [2.75, 3.05) is 13.7 Å². The molecule has 158 valence electrons. The highest BCUT2D eigenvalue weighted by Gasteiger charge is 2.16. The van der Waals surface area contributed by atoms with Crippen LogP contribution in [0.15, 0.2) is 47.1 Å². The number of amides is 1. The molecule has 0 spiro atoms. The number of rotatable bonds is 8. The Morgan fingerprint density at radius 2 is 1.69 bits per heavy atom. The van der Waals surface area contributed by atoms with Crippen LogP contribution in [0.1, 0.15) is 31.2 Å². The summed E-state index contributed by atoms with van der Waals surface area (Å²) in [7, 11) is 1.65. The van der Waals surface area contributed by atoms with Crippen LogP contribution in [0.2, 0.25) is 0 Å². The van der Waals surface area contributed by atoms with E-state index in [0.29, 0.717) is 12.5 Å². The van der Waals surface area contributed by atoms with Gasteiger partial charge in [0.05, 0.1) is 26.5 Å². The summed E-state index contributed by atoms with van der Waals surface area (Å²) in [5.41, 5.74) is 1.14. The first-order valence-corrected chi connectivity index (χ1v) is 8.87. The first-order chi connectivity index (χ1) is 13.7. The second kappa shape index (κ2) is 12.2. The van der Waals surface area contributed by atoms with Crippen LogP contribution >= 0.6 is 0 Å². The second-order valence-corrected chi connectivity index (χ2v) is 6.34. The molecule has 1 aromatic carbocycles. The molecule has 0 bridgehead atoms. The Hall–Kier alpha value is -3.33. The van der Waals surface area contributed by atoms with Crippen molar-refractivity contribution in [3.8, 4) is 5.75 Å². The lowest BCUT2D eigenvalue weighted by Gasteiger charge is -2.23. The molecule has 0 saturated carbocycles. The first-order valence-electron chi connectivity index (χ1n) is 8.87. The third-order valence-corrected chi connectivity index (χ3v) is 3.85. The fourth-order valence-electron chi connectivity index (χ4n) is 2.41. The minimum Gasteiger partial charge on any atom is -0.497 e. The van der Waals surface area contributed by atoms with Crippen molar-refractivity contribution in [2.24, 2.45) is 5.92 Å². The summed E-state index contributed by atoms with van der Waals surface area (Å²) in [6.07, 6.45) is 1.60. The molecule has 1 amide bonds. The highest BCUT2D eigenvalue weighted by molar-refractivity contribution is 6.27. The van der Waals surface area contributed by atoms with E-state index in [-0.39, 0.29) is 18.5 Å². The van der Waals surface area contributed by atoms with E-state index in [1.165, 1.54) is 0 Å². The monoisotopic (exact) mass is 406 g/mol. The van der Waals surface area contributed by atoms with E-state index < -0.39 is 11.9 Å². The summed E-state index contributed by atoms with van der Waals surface area (Å²) in [6.45, 7) is 4.92. The molecular formula is C20H26N2O7. The van der Waals surface area contributed by atoms with Gasteiger partial charge in [0.25, 0.3) is 0 Å². The van der Waals surface area contributed by atoms with Crippen LogP contribution in [-0.4, -0.2) is 41.7 Å². The molecule has 1 aromatic heterocycles. The normalized spacial score (nSPS) is 11.2. The number of nitrogens with one attached hydrogen (secondary N) is 2. The molecule has 29 heavy (non-hydrogen) atoms. The first kappa shape index (κ1) is 23.7. The van der Waals surface area contributed by atoms with Crippen LogP contribution in [0.4, 0.5) is 0 Å². The Labute approximate surface area is 168 Å². The number of furan rings is 1. The Bertz CT molecular complexity index is 759. The average Bonchev–Trinajstić information content (AvgIpc) is 3.21. The summed E-state index contributed by atoms with van der Waals surface area (Å²) in [5, 5.41) is 20.9. The molecule has 0 radical (unpaired) electrons. The van der Waals surface area contributed by atoms with Crippen molar-refractivity contribution in [1.82, 2.24) is 10.6 Å². The van der Waals surface area contributed by atoms with Crippen molar-refractivity contribution >= 4 is 17.8 Å². The molecular weight excluding hydrogens is 380 g/mol. The van der Waals surface area contributed by atoms with Gasteiger partial charge >= 0.3 is 11.9 Å². The van der Waals surface area contributed by atoms with E-state index in [1.807, 2.05) is 30.3 Å². The van der Waals surface area contributed by atoms with Gasteiger partial charge in [0.15, 0.2) is 0 Å². The van der Waals surface area contributed by atoms with Gasteiger partial charge in [-0.05, 0) is 35.7 Å². The fourth-order valence-corrected chi connectivity index (χ4v) is 2.41. The van der Waals surface area contributed by atoms with Crippen LogP contribution in [0.25, 0.3) is 0 Å². The summed E-state index contributed by atoms with van der Waals surface area (Å²) in [4.78, 5) is 30.2. The van der Waals surface area contributed by atoms with Crippen molar-refractivity contribution in [2.45, 2.75) is 26.4 Å². The topological polar surface area (TPSA) is 138 Å². The lowest BCUT2D eigenvalue weighted by molar-refractivity contribution is -0.159. The summed E-state index contributed by atoms with van der Waals surface area (Å²) < 4.78 is 10.4. The number of carbonyl (C=O) groups is 3. The minimum atomic E-state index is -1.82. The van der Waals surface area contributed by atoms with Crippen molar-refractivity contribution in [1.29, 1.82) is 0 Å². The van der Waals surface area contributed by atoms with Gasteiger partial charge in [0, 0.05) is 6.04 Å². The fraction of sp³-hybridized carbons (Fsp3) is 0.350. The molecule has 1 unspecified atom stereocenters. The maximum absolute atomic E-state index is 12.0. The largest absolute Gasteiger partial charge is 0.497 e. The molecule has 0 aliphatic heterocycles. The zero-order chi connectivity index (χ0) is 21.8. The van der Waals surface area contributed by atoms with Crippen molar-refractivity contribution in [3.05, 3.63) is 54.0 Å². The highest BCUT2D eigenvalue weighted by atomic mass is 16.5. The molecule has 0 aliphatic carbocycles. The van der Waals surface area contributed by atoms with Crippen LogP contribution in [0.3, 0.4) is 0 Å². The predicted octanol–water partition coefficient (Wildman–Crippen LogP) is 2.05. The lowest BCUT2D eigenvalue weighted by atomic mass is 9.96. The maximum atomic E-state index is 12.0. The van der Waals surface area contributed by atoms with Gasteiger partial charge in [-0.1, -0.05) is 26.0 Å². The van der Waals surface area contributed by atoms with Crippen LogP contribution in [0, 0.1) is 5.92 Å². The molecule has 2 aromatic rings. The molecule has 0 aliphatic rings. The average molecular weight is 406 g/mol. The third-order valence-electron chi connectivity index (χ3n) is 3.85. The van der Waals surface area contributed by atoms with E-state index in [4.69, 9.17) is 29.0 Å². The Balaban J connectivity index is 0.000000612. The van der Waals surface area contributed by atoms with Crippen molar-refractivity contribution in [3.63, 3.8) is 0 Å². The number of benzene rings is 1. The Morgan fingerprint density at radius 3 is 2.14 bits per heavy atom. The summed E-state index contributed by atoms with van der Waals surface area (Å²) >= 11 is 0. The number of carboxylic acid groups (broad SMARTS) is 2.